The Morgan fingerprint density at radius 3 is 2.43 bits per heavy atom. The number of amides is 1. The van der Waals surface area contributed by atoms with E-state index in [0.717, 1.165) is 24.1 Å². The second-order valence-corrected chi connectivity index (χ2v) is 7.01. The van der Waals surface area contributed by atoms with Crippen molar-refractivity contribution in [3.63, 3.8) is 0 Å². The van der Waals surface area contributed by atoms with Gasteiger partial charge in [-0.15, -0.1) is 0 Å². The number of para-hydroxylation sites is 1. The van der Waals surface area contributed by atoms with E-state index in [9.17, 15) is 4.79 Å². The lowest BCUT2D eigenvalue weighted by atomic mass is 9.95. The molecule has 0 unspecified atom stereocenters. The number of nitrogens with zero attached hydrogens (tertiary/aromatic N) is 1. The molecule has 2 N–H and O–H groups in total. The number of nitrogens with one attached hydrogen (secondary N) is 2. The Kier molecular flexibility index (Phi) is 7.19. The Morgan fingerprint density at radius 2 is 1.71 bits per heavy atom. The van der Waals surface area contributed by atoms with Gasteiger partial charge in [-0.1, -0.05) is 62.2 Å². The van der Waals surface area contributed by atoms with Gasteiger partial charge in [-0.25, -0.2) is 4.99 Å². The number of carbonyl (C=O) groups is 1. The number of aliphatic imine (C=N–C) groups is 1. The molecule has 1 amide bonds. The summed E-state index contributed by atoms with van der Waals surface area (Å²) < 4.78 is 0. The van der Waals surface area contributed by atoms with E-state index in [1.807, 2.05) is 66.7 Å². The van der Waals surface area contributed by atoms with Crippen LogP contribution in [0.3, 0.4) is 0 Å². The SMILES string of the molecule is C=C(/N=C\C=C\c1ccc(C(=O)NC2CCCCC2)cc1)Nc1ccccc1. The lowest BCUT2D eigenvalue weighted by Gasteiger charge is -2.22. The van der Waals surface area contributed by atoms with Gasteiger partial charge in [-0.3, -0.25) is 4.79 Å². The molecule has 0 spiro atoms. The average Bonchev–Trinajstić information content (AvgIpc) is 2.73. The van der Waals surface area contributed by atoms with Crippen LogP contribution in [0.25, 0.3) is 6.08 Å². The number of anilines is 1. The van der Waals surface area contributed by atoms with Crippen LogP contribution in [0.4, 0.5) is 5.69 Å². The largest absolute Gasteiger partial charge is 0.349 e. The Morgan fingerprint density at radius 1 is 1.00 bits per heavy atom. The maximum Gasteiger partial charge on any atom is 0.251 e. The molecule has 0 radical (unpaired) electrons. The van der Waals surface area contributed by atoms with Crippen LogP contribution in [0, 0.1) is 0 Å². The Bertz CT molecular complexity index is 832. The first kappa shape index (κ1) is 19.6. The number of carbonyl (C=O) groups excluding carboxylic acids is 1. The van der Waals surface area contributed by atoms with Crippen molar-refractivity contribution in [3.05, 3.63) is 84.2 Å². The number of allylic oxidation sites excluding steroid dienone is 1. The molecule has 1 fully saturated rings. The maximum absolute atomic E-state index is 12.3. The Hall–Kier alpha value is -3.14. The fraction of sp³-hybridized carbons (Fsp3) is 0.250. The summed E-state index contributed by atoms with van der Waals surface area (Å²) in [6, 6.07) is 17.7. The van der Waals surface area contributed by atoms with Crippen molar-refractivity contribution in [3.8, 4) is 0 Å². The third kappa shape index (κ3) is 6.23. The highest BCUT2D eigenvalue weighted by Gasteiger charge is 2.16. The number of hydrogen-bond donors (Lipinski definition) is 2. The summed E-state index contributed by atoms with van der Waals surface area (Å²) >= 11 is 0. The first-order valence-corrected chi connectivity index (χ1v) is 9.83. The summed E-state index contributed by atoms with van der Waals surface area (Å²) in [5, 5.41) is 6.27. The quantitative estimate of drug-likeness (QED) is 0.637. The molecule has 0 bridgehead atoms. The van der Waals surface area contributed by atoms with Crippen molar-refractivity contribution < 1.29 is 4.79 Å². The molecule has 3 rings (SSSR count). The van der Waals surface area contributed by atoms with E-state index in [4.69, 9.17) is 0 Å². The van der Waals surface area contributed by atoms with Gasteiger partial charge in [-0.05, 0) is 48.7 Å². The molecule has 1 aliphatic carbocycles. The molecule has 0 heterocycles. The summed E-state index contributed by atoms with van der Waals surface area (Å²) in [4.78, 5) is 16.6. The van der Waals surface area contributed by atoms with Gasteiger partial charge in [0.05, 0.1) is 0 Å². The summed E-state index contributed by atoms with van der Waals surface area (Å²) in [5.74, 6) is 0.595. The summed E-state index contributed by atoms with van der Waals surface area (Å²) in [6.07, 6.45) is 11.4. The molecule has 28 heavy (non-hydrogen) atoms. The molecule has 144 valence electrons. The fourth-order valence-corrected chi connectivity index (χ4v) is 3.27. The van der Waals surface area contributed by atoms with Gasteiger partial charge in [0.1, 0.15) is 5.82 Å². The molecule has 0 aromatic heterocycles. The molecule has 1 saturated carbocycles. The first-order chi connectivity index (χ1) is 13.7. The van der Waals surface area contributed by atoms with Crippen molar-refractivity contribution in [2.24, 2.45) is 4.99 Å². The predicted octanol–water partition coefficient (Wildman–Crippen LogP) is 5.42. The van der Waals surface area contributed by atoms with Crippen LogP contribution in [0.5, 0.6) is 0 Å². The highest BCUT2D eigenvalue weighted by molar-refractivity contribution is 5.94. The first-order valence-electron chi connectivity index (χ1n) is 9.83. The average molecular weight is 373 g/mol. The van der Waals surface area contributed by atoms with Crippen LogP contribution in [-0.2, 0) is 0 Å². The van der Waals surface area contributed by atoms with Gasteiger partial charge in [0, 0.05) is 23.5 Å². The Balaban J connectivity index is 1.47. The second-order valence-electron chi connectivity index (χ2n) is 7.01. The zero-order valence-electron chi connectivity index (χ0n) is 16.1. The number of benzene rings is 2. The highest BCUT2D eigenvalue weighted by atomic mass is 16.1. The zero-order chi connectivity index (χ0) is 19.6. The third-order valence-corrected chi connectivity index (χ3v) is 4.78. The van der Waals surface area contributed by atoms with E-state index in [0.29, 0.717) is 17.4 Å². The fourth-order valence-electron chi connectivity index (χ4n) is 3.27. The van der Waals surface area contributed by atoms with Gasteiger partial charge in [0.2, 0.25) is 0 Å². The van der Waals surface area contributed by atoms with Gasteiger partial charge >= 0.3 is 0 Å². The van der Waals surface area contributed by atoms with E-state index in [2.05, 4.69) is 22.2 Å². The molecule has 2 aromatic rings. The van der Waals surface area contributed by atoms with Crippen molar-refractivity contribution in [2.45, 2.75) is 38.1 Å². The third-order valence-electron chi connectivity index (χ3n) is 4.78. The lowest BCUT2D eigenvalue weighted by Crippen LogP contribution is -2.36. The minimum absolute atomic E-state index is 0.0206. The van der Waals surface area contributed by atoms with Crippen molar-refractivity contribution in [1.82, 2.24) is 5.32 Å². The summed E-state index contributed by atoms with van der Waals surface area (Å²) in [7, 11) is 0. The topological polar surface area (TPSA) is 53.5 Å². The van der Waals surface area contributed by atoms with E-state index in [1.165, 1.54) is 19.3 Å². The van der Waals surface area contributed by atoms with Gasteiger partial charge < -0.3 is 10.6 Å². The molecule has 0 atom stereocenters. The van der Waals surface area contributed by atoms with Crippen molar-refractivity contribution >= 4 is 23.9 Å². The lowest BCUT2D eigenvalue weighted by molar-refractivity contribution is 0.0927. The molecule has 4 heteroatoms. The van der Waals surface area contributed by atoms with Crippen LogP contribution in [0.1, 0.15) is 48.0 Å². The molecule has 1 aliphatic rings. The standard InChI is InChI=1S/C24H27N3O/c1-19(26-22-10-4-2-5-11-22)25-18-8-9-20-14-16-21(17-15-20)24(28)27-23-12-6-3-7-13-23/h2,4-5,8-11,14-18,23,26H,1,3,6-7,12-13H2,(H,27,28)/b9-8+,25-18-. The van der Waals surface area contributed by atoms with Crippen LogP contribution in [0.15, 0.2) is 78.1 Å². The van der Waals surface area contributed by atoms with Crippen LogP contribution in [0.2, 0.25) is 0 Å². The van der Waals surface area contributed by atoms with Gasteiger partial charge in [-0.2, -0.15) is 0 Å². The minimum atomic E-state index is 0.0206. The highest BCUT2D eigenvalue weighted by Crippen LogP contribution is 2.18. The second kappa shape index (κ2) is 10.3. The molecular formula is C24H27N3O. The normalized spacial score (nSPS) is 15.0. The van der Waals surface area contributed by atoms with Crippen LogP contribution >= 0.6 is 0 Å². The molecule has 0 aliphatic heterocycles. The summed E-state index contributed by atoms with van der Waals surface area (Å²) in [6.45, 7) is 3.89. The van der Waals surface area contributed by atoms with Gasteiger partial charge in [0.15, 0.2) is 0 Å². The molecular weight excluding hydrogens is 346 g/mol. The van der Waals surface area contributed by atoms with E-state index >= 15 is 0 Å². The number of hydrogen-bond acceptors (Lipinski definition) is 3. The molecule has 4 nitrogen and oxygen atoms in total. The minimum Gasteiger partial charge on any atom is -0.349 e. The summed E-state index contributed by atoms with van der Waals surface area (Å²) in [5.41, 5.74) is 2.68. The smallest absolute Gasteiger partial charge is 0.251 e. The molecule has 0 saturated heterocycles. The van der Waals surface area contributed by atoms with E-state index in [-0.39, 0.29) is 5.91 Å². The Labute approximate surface area is 167 Å². The monoisotopic (exact) mass is 373 g/mol. The predicted molar refractivity (Wildman–Crippen MR) is 118 cm³/mol. The maximum atomic E-state index is 12.3. The van der Waals surface area contributed by atoms with Gasteiger partial charge in [0.25, 0.3) is 5.91 Å². The van der Waals surface area contributed by atoms with Crippen LogP contribution < -0.4 is 10.6 Å². The van der Waals surface area contributed by atoms with E-state index in [1.54, 1.807) is 6.21 Å². The number of rotatable bonds is 7. The van der Waals surface area contributed by atoms with Crippen LogP contribution in [-0.4, -0.2) is 18.2 Å². The van der Waals surface area contributed by atoms with Crippen molar-refractivity contribution in [2.75, 3.05) is 5.32 Å². The van der Waals surface area contributed by atoms with E-state index < -0.39 is 0 Å². The zero-order valence-corrected chi connectivity index (χ0v) is 16.1. The molecule has 2 aromatic carbocycles. The van der Waals surface area contributed by atoms with Crippen molar-refractivity contribution in [1.29, 1.82) is 0 Å².